The third kappa shape index (κ3) is 6.18. The molecule has 0 unspecified atom stereocenters. The van der Waals surface area contributed by atoms with Gasteiger partial charge in [0.15, 0.2) is 5.96 Å². The molecule has 30 heavy (non-hydrogen) atoms. The Morgan fingerprint density at radius 3 is 2.50 bits per heavy atom. The second-order valence-electron chi connectivity index (χ2n) is 6.20. The molecular weight excluding hydrogens is 513 g/mol. The van der Waals surface area contributed by atoms with E-state index in [0.29, 0.717) is 18.6 Å². The van der Waals surface area contributed by atoms with Crippen LogP contribution in [0.3, 0.4) is 0 Å². The Morgan fingerprint density at radius 2 is 1.83 bits per heavy atom. The minimum absolute atomic E-state index is 0. The summed E-state index contributed by atoms with van der Waals surface area (Å²) in [7, 11) is 1.52. The molecule has 1 heterocycles. The van der Waals surface area contributed by atoms with Crippen molar-refractivity contribution in [3.63, 3.8) is 0 Å². The fourth-order valence-corrected chi connectivity index (χ4v) is 2.78. The molecule has 0 bridgehead atoms. The van der Waals surface area contributed by atoms with Crippen LogP contribution in [0.25, 0.3) is 5.69 Å². The lowest BCUT2D eigenvalue weighted by atomic mass is 10.1. The molecule has 5 nitrogen and oxygen atoms in total. The SMILES string of the molecule is CN=C(NCc1cccc(-n2cccn2)c1)NCc1ccc(F)cc1C(F)(F)F.I. The van der Waals surface area contributed by atoms with Gasteiger partial charge in [-0.05, 0) is 41.5 Å². The highest BCUT2D eigenvalue weighted by Gasteiger charge is 2.33. The molecule has 0 aliphatic carbocycles. The normalized spacial score (nSPS) is 11.7. The lowest BCUT2D eigenvalue weighted by Crippen LogP contribution is -2.36. The molecule has 3 rings (SSSR count). The Morgan fingerprint density at radius 1 is 1.07 bits per heavy atom. The first-order chi connectivity index (χ1) is 13.9. The van der Waals surface area contributed by atoms with E-state index in [1.54, 1.807) is 10.9 Å². The van der Waals surface area contributed by atoms with Crippen molar-refractivity contribution in [1.82, 2.24) is 20.4 Å². The molecular formula is C20H20F4IN5. The van der Waals surface area contributed by atoms with Gasteiger partial charge >= 0.3 is 6.18 Å². The Labute approximate surface area is 188 Å². The van der Waals surface area contributed by atoms with Crippen LogP contribution in [-0.2, 0) is 19.3 Å². The number of rotatable bonds is 5. The fourth-order valence-electron chi connectivity index (χ4n) is 2.78. The molecule has 0 radical (unpaired) electrons. The molecule has 0 aliphatic heterocycles. The molecule has 1 aromatic heterocycles. The minimum atomic E-state index is -4.64. The van der Waals surface area contributed by atoms with E-state index in [0.717, 1.165) is 23.4 Å². The van der Waals surface area contributed by atoms with Gasteiger partial charge in [0, 0.05) is 32.5 Å². The first kappa shape index (κ1) is 23.6. The maximum atomic E-state index is 13.2. The number of guanidine groups is 1. The summed E-state index contributed by atoms with van der Waals surface area (Å²) in [4.78, 5) is 4.02. The van der Waals surface area contributed by atoms with Gasteiger partial charge in [0.05, 0.1) is 11.3 Å². The van der Waals surface area contributed by atoms with E-state index in [1.807, 2.05) is 36.5 Å². The van der Waals surface area contributed by atoms with Crippen LogP contribution in [-0.4, -0.2) is 22.8 Å². The van der Waals surface area contributed by atoms with Gasteiger partial charge < -0.3 is 10.6 Å². The van der Waals surface area contributed by atoms with Crippen LogP contribution in [0.1, 0.15) is 16.7 Å². The first-order valence-electron chi connectivity index (χ1n) is 8.76. The van der Waals surface area contributed by atoms with Crippen LogP contribution in [0.2, 0.25) is 0 Å². The van der Waals surface area contributed by atoms with Gasteiger partial charge in [0.2, 0.25) is 0 Å². The van der Waals surface area contributed by atoms with Crippen molar-refractivity contribution < 1.29 is 17.6 Å². The average molecular weight is 533 g/mol. The molecule has 3 aromatic rings. The van der Waals surface area contributed by atoms with E-state index < -0.39 is 17.6 Å². The number of halogens is 5. The predicted molar refractivity (Wildman–Crippen MR) is 117 cm³/mol. The molecule has 2 aromatic carbocycles. The Kier molecular flexibility index (Phi) is 8.21. The van der Waals surface area contributed by atoms with Crippen LogP contribution < -0.4 is 10.6 Å². The maximum absolute atomic E-state index is 13.2. The van der Waals surface area contributed by atoms with Gasteiger partial charge in [0.1, 0.15) is 5.82 Å². The summed E-state index contributed by atoms with van der Waals surface area (Å²) in [6, 6.07) is 12.1. The first-order valence-corrected chi connectivity index (χ1v) is 8.76. The van der Waals surface area contributed by atoms with Crippen molar-refractivity contribution in [2.45, 2.75) is 19.3 Å². The van der Waals surface area contributed by atoms with Crippen LogP contribution in [0.4, 0.5) is 17.6 Å². The fraction of sp³-hybridized carbons (Fsp3) is 0.200. The number of alkyl halides is 3. The summed E-state index contributed by atoms with van der Waals surface area (Å²) >= 11 is 0. The van der Waals surface area contributed by atoms with Gasteiger partial charge in [0.25, 0.3) is 0 Å². The summed E-state index contributed by atoms with van der Waals surface area (Å²) in [6.45, 7) is 0.256. The van der Waals surface area contributed by atoms with E-state index >= 15 is 0 Å². The van der Waals surface area contributed by atoms with Crippen molar-refractivity contribution in [3.05, 3.63) is 83.4 Å². The van der Waals surface area contributed by atoms with Crippen LogP contribution in [0.15, 0.2) is 65.9 Å². The molecule has 2 N–H and O–H groups in total. The Hall–Kier alpha value is -2.63. The van der Waals surface area contributed by atoms with Crippen LogP contribution >= 0.6 is 24.0 Å². The summed E-state index contributed by atoms with van der Waals surface area (Å²) in [5, 5.41) is 10.1. The minimum Gasteiger partial charge on any atom is -0.352 e. The lowest BCUT2D eigenvalue weighted by Gasteiger charge is -2.16. The smallest absolute Gasteiger partial charge is 0.352 e. The third-order valence-electron chi connectivity index (χ3n) is 4.19. The van der Waals surface area contributed by atoms with Crippen molar-refractivity contribution in [2.75, 3.05) is 7.05 Å². The van der Waals surface area contributed by atoms with Crippen molar-refractivity contribution in [3.8, 4) is 5.69 Å². The number of hydrogen-bond acceptors (Lipinski definition) is 2. The highest BCUT2D eigenvalue weighted by atomic mass is 127. The second-order valence-corrected chi connectivity index (χ2v) is 6.20. The van der Waals surface area contributed by atoms with E-state index in [2.05, 4.69) is 20.7 Å². The van der Waals surface area contributed by atoms with E-state index in [-0.39, 0.29) is 36.1 Å². The summed E-state index contributed by atoms with van der Waals surface area (Å²) < 4.78 is 54.3. The van der Waals surface area contributed by atoms with Gasteiger partial charge in [-0.25, -0.2) is 9.07 Å². The van der Waals surface area contributed by atoms with Crippen molar-refractivity contribution in [2.24, 2.45) is 4.99 Å². The molecule has 0 atom stereocenters. The molecule has 0 saturated carbocycles. The number of hydrogen-bond donors (Lipinski definition) is 2. The Bertz CT molecular complexity index is 987. The summed E-state index contributed by atoms with van der Waals surface area (Å²) in [5.41, 5.74) is 0.756. The highest BCUT2D eigenvalue weighted by molar-refractivity contribution is 14.0. The van der Waals surface area contributed by atoms with Crippen molar-refractivity contribution >= 4 is 29.9 Å². The lowest BCUT2D eigenvalue weighted by molar-refractivity contribution is -0.138. The number of aliphatic imine (C=N–C) groups is 1. The predicted octanol–water partition coefficient (Wildman–Crippen LogP) is 4.51. The van der Waals surface area contributed by atoms with E-state index in [9.17, 15) is 17.6 Å². The Balaban J connectivity index is 0.00000320. The number of nitrogens with zero attached hydrogens (tertiary/aromatic N) is 3. The number of aromatic nitrogens is 2. The second kappa shape index (κ2) is 10.4. The van der Waals surface area contributed by atoms with Crippen LogP contribution in [0, 0.1) is 5.82 Å². The standard InChI is InChI=1S/C20H19F4N5.HI/c1-25-19(27-13-15-6-7-16(21)11-18(15)20(22,23)24)26-12-14-4-2-5-17(10-14)29-9-3-8-28-29;/h2-11H,12-13H2,1H3,(H2,25,26,27);1H. The maximum Gasteiger partial charge on any atom is 0.416 e. The summed E-state index contributed by atoms with van der Waals surface area (Å²) in [5.74, 6) is -0.604. The zero-order valence-electron chi connectivity index (χ0n) is 15.9. The van der Waals surface area contributed by atoms with E-state index in [1.165, 1.54) is 7.05 Å². The van der Waals surface area contributed by atoms with Crippen LogP contribution in [0.5, 0.6) is 0 Å². The molecule has 0 fully saturated rings. The molecule has 160 valence electrons. The van der Waals surface area contributed by atoms with Crippen molar-refractivity contribution in [1.29, 1.82) is 0 Å². The molecule has 10 heteroatoms. The van der Waals surface area contributed by atoms with Gasteiger partial charge in [-0.3, -0.25) is 4.99 Å². The highest BCUT2D eigenvalue weighted by Crippen LogP contribution is 2.32. The largest absolute Gasteiger partial charge is 0.416 e. The molecule has 0 amide bonds. The summed E-state index contributed by atoms with van der Waals surface area (Å²) in [6.07, 6.45) is -1.13. The zero-order valence-corrected chi connectivity index (χ0v) is 18.3. The number of nitrogens with one attached hydrogen (secondary N) is 2. The third-order valence-corrected chi connectivity index (χ3v) is 4.19. The average Bonchev–Trinajstić information content (AvgIpc) is 3.23. The topological polar surface area (TPSA) is 54.2 Å². The zero-order chi connectivity index (χ0) is 20.9. The molecule has 0 aliphatic rings. The molecule has 0 spiro atoms. The number of benzene rings is 2. The van der Waals surface area contributed by atoms with Gasteiger partial charge in [-0.2, -0.15) is 18.3 Å². The van der Waals surface area contributed by atoms with E-state index in [4.69, 9.17) is 0 Å². The van der Waals surface area contributed by atoms with Gasteiger partial charge in [-0.1, -0.05) is 18.2 Å². The van der Waals surface area contributed by atoms with Gasteiger partial charge in [-0.15, -0.1) is 24.0 Å². The quantitative estimate of drug-likeness (QED) is 0.220. The monoisotopic (exact) mass is 533 g/mol. The molecule has 0 saturated heterocycles.